The van der Waals surface area contributed by atoms with Crippen molar-refractivity contribution in [1.29, 1.82) is 0 Å². The number of carbonyl (C=O) groups excluding carboxylic acids is 2. The molecule has 0 amide bonds. The molecular weight excluding hydrogens is 254 g/mol. The van der Waals surface area contributed by atoms with Gasteiger partial charge in [-0.3, -0.25) is 9.59 Å². The number of carbonyl (C=O) groups is 2. The summed E-state index contributed by atoms with van der Waals surface area (Å²) in [6.07, 6.45) is 6.24. The molecule has 4 nitrogen and oxygen atoms in total. The molecule has 1 aromatic rings. The third-order valence-corrected chi connectivity index (χ3v) is 4.70. The van der Waals surface area contributed by atoms with Gasteiger partial charge in [-0.05, 0) is 43.2 Å². The predicted octanol–water partition coefficient (Wildman–Crippen LogP) is 2.76. The highest BCUT2D eigenvalue weighted by Crippen LogP contribution is 2.45. The molecule has 0 fully saturated rings. The Morgan fingerprint density at radius 3 is 2.80 bits per heavy atom. The fourth-order valence-corrected chi connectivity index (χ4v) is 3.84. The van der Waals surface area contributed by atoms with Crippen molar-refractivity contribution in [2.45, 2.75) is 51.4 Å². The van der Waals surface area contributed by atoms with Crippen molar-refractivity contribution in [2.24, 2.45) is 5.92 Å². The molecule has 1 aromatic heterocycles. The van der Waals surface area contributed by atoms with Gasteiger partial charge < -0.3 is 9.72 Å². The summed E-state index contributed by atoms with van der Waals surface area (Å²) in [5.74, 6) is -1.08. The zero-order valence-corrected chi connectivity index (χ0v) is 12.1. The summed E-state index contributed by atoms with van der Waals surface area (Å²) in [4.78, 5) is 27.9. The van der Waals surface area contributed by atoms with Crippen molar-refractivity contribution >= 4 is 11.8 Å². The number of fused-ring (bicyclic) bond motifs is 3. The van der Waals surface area contributed by atoms with Gasteiger partial charge in [0.1, 0.15) is 5.92 Å². The number of Topliss-reactive ketones (excluding diaryl/α,β-unsaturated/α-hetero) is 1. The molecule has 0 saturated heterocycles. The number of hydrogen-bond acceptors (Lipinski definition) is 3. The van der Waals surface area contributed by atoms with E-state index in [1.807, 2.05) is 0 Å². The molecular formula is C16H21NO3. The van der Waals surface area contributed by atoms with Gasteiger partial charge in [-0.2, -0.15) is 0 Å². The van der Waals surface area contributed by atoms with Gasteiger partial charge in [0.25, 0.3) is 0 Å². The second-order valence-electron chi connectivity index (χ2n) is 5.84. The molecule has 2 atom stereocenters. The molecule has 0 aliphatic heterocycles. The first kappa shape index (κ1) is 13.4. The van der Waals surface area contributed by atoms with Crippen molar-refractivity contribution < 1.29 is 14.3 Å². The van der Waals surface area contributed by atoms with E-state index in [-0.39, 0.29) is 17.7 Å². The van der Waals surface area contributed by atoms with Gasteiger partial charge >= 0.3 is 5.97 Å². The molecule has 2 aliphatic rings. The summed E-state index contributed by atoms with van der Waals surface area (Å²) in [6, 6.07) is 0. The monoisotopic (exact) mass is 275 g/mol. The van der Waals surface area contributed by atoms with Crippen LogP contribution in [0.15, 0.2) is 0 Å². The highest BCUT2D eigenvalue weighted by atomic mass is 16.5. The third kappa shape index (κ3) is 1.81. The van der Waals surface area contributed by atoms with E-state index in [4.69, 9.17) is 4.74 Å². The summed E-state index contributed by atoms with van der Waals surface area (Å²) in [6.45, 7) is 2.09. The van der Waals surface area contributed by atoms with Crippen LogP contribution in [0.2, 0.25) is 0 Å². The third-order valence-electron chi connectivity index (χ3n) is 4.70. The fourth-order valence-electron chi connectivity index (χ4n) is 3.84. The second kappa shape index (κ2) is 5.08. The Kier molecular flexibility index (Phi) is 3.40. The summed E-state index contributed by atoms with van der Waals surface area (Å²) >= 11 is 0. The standard InChI is InChI=1S/C16H21NO3/c1-3-6-10-12-9-7-4-5-8-11(9)17-14(12)15(18)13(10)16(19)20-2/h10,13,17H,3-8H2,1-2H3/t10-,13+/m0/s1. The molecule has 0 bridgehead atoms. The highest BCUT2D eigenvalue weighted by Gasteiger charge is 2.47. The van der Waals surface area contributed by atoms with E-state index >= 15 is 0 Å². The molecule has 1 N–H and O–H groups in total. The van der Waals surface area contributed by atoms with Crippen LogP contribution in [0.1, 0.15) is 65.8 Å². The number of aromatic amines is 1. The van der Waals surface area contributed by atoms with E-state index in [1.165, 1.54) is 31.2 Å². The lowest BCUT2D eigenvalue weighted by Crippen LogP contribution is -2.26. The van der Waals surface area contributed by atoms with Crippen molar-refractivity contribution in [3.8, 4) is 0 Å². The zero-order chi connectivity index (χ0) is 14.3. The van der Waals surface area contributed by atoms with Crippen molar-refractivity contribution in [2.75, 3.05) is 7.11 Å². The quantitative estimate of drug-likeness (QED) is 0.681. The minimum Gasteiger partial charge on any atom is -0.468 e. The highest BCUT2D eigenvalue weighted by molar-refractivity contribution is 6.12. The molecule has 0 saturated carbocycles. The lowest BCUT2D eigenvalue weighted by atomic mass is 9.84. The normalized spacial score (nSPS) is 24.4. The van der Waals surface area contributed by atoms with Crippen LogP contribution in [-0.2, 0) is 22.4 Å². The summed E-state index contributed by atoms with van der Waals surface area (Å²) in [5, 5.41) is 0. The van der Waals surface area contributed by atoms with Crippen LogP contribution in [0.5, 0.6) is 0 Å². The number of H-pyrrole nitrogens is 1. The van der Waals surface area contributed by atoms with E-state index in [0.29, 0.717) is 5.69 Å². The van der Waals surface area contributed by atoms with Gasteiger partial charge in [-0.15, -0.1) is 0 Å². The number of ketones is 1. The van der Waals surface area contributed by atoms with Crippen LogP contribution in [0.4, 0.5) is 0 Å². The van der Waals surface area contributed by atoms with Gasteiger partial charge in [0.05, 0.1) is 12.8 Å². The maximum Gasteiger partial charge on any atom is 0.317 e. The molecule has 4 heteroatoms. The number of esters is 1. The Bertz CT molecular complexity index is 558. The SMILES string of the molecule is CCC[C@H]1c2c([nH]c3c2CCCC3)C(=O)[C@@H]1C(=O)OC. The minimum absolute atomic E-state index is 0.00745. The second-order valence-corrected chi connectivity index (χ2v) is 5.84. The summed E-state index contributed by atoms with van der Waals surface area (Å²) < 4.78 is 4.85. The number of methoxy groups -OCH3 is 1. The lowest BCUT2D eigenvalue weighted by Gasteiger charge is -2.20. The number of hydrogen-bond donors (Lipinski definition) is 1. The smallest absolute Gasteiger partial charge is 0.317 e. The molecule has 0 unspecified atom stereocenters. The van der Waals surface area contributed by atoms with E-state index in [9.17, 15) is 9.59 Å². The first-order valence-electron chi connectivity index (χ1n) is 7.54. The molecule has 0 aromatic carbocycles. The fraction of sp³-hybridized carbons (Fsp3) is 0.625. The Morgan fingerprint density at radius 1 is 1.35 bits per heavy atom. The zero-order valence-electron chi connectivity index (χ0n) is 12.1. The van der Waals surface area contributed by atoms with Gasteiger partial charge in [0, 0.05) is 11.6 Å². The molecule has 0 spiro atoms. The molecule has 1 heterocycles. The molecule has 108 valence electrons. The number of aryl methyl sites for hydroxylation is 1. The van der Waals surface area contributed by atoms with E-state index in [1.54, 1.807) is 0 Å². The Morgan fingerprint density at radius 2 is 2.10 bits per heavy atom. The van der Waals surface area contributed by atoms with E-state index in [0.717, 1.165) is 31.2 Å². The van der Waals surface area contributed by atoms with Crippen molar-refractivity contribution in [1.82, 2.24) is 4.98 Å². The van der Waals surface area contributed by atoms with Crippen LogP contribution < -0.4 is 0 Å². The summed E-state index contributed by atoms with van der Waals surface area (Å²) in [7, 11) is 1.36. The van der Waals surface area contributed by atoms with E-state index < -0.39 is 5.92 Å². The van der Waals surface area contributed by atoms with Crippen LogP contribution in [0.25, 0.3) is 0 Å². The van der Waals surface area contributed by atoms with Gasteiger partial charge in [-0.1, -0.05) is 13.3 Å². The Hall–Kier alpha value is -1.58. The minimum atomic E-state index is -0.631. The Balaban J connectivity index is 2.07. The number of nitrogens with one attached hydrogen (secondary N) is 1. The largest absolute Gasteiger partial charge is 0.468 e. The number of rotatable bonds is 3. The number of ether oxygens (including phenoxy) is 1. The van der Waals surface area contributed by atoms with Crippen LogP contribution in [0.3, 0.4) is 0 Å². The van der Waals surface area contributed by atoms with Crippen molar-refractivity contribution in [3.63, 3.8) is 0 Å². The van der Waals surface area contributed by atoms with Gasteiger partial charge in [0.15, 0.2) is 5.78 Å². The maximum absolute atomic E-state index is 12.6. The maximum atomic E-state index is 12.6. The Labute approximate surface area is 118 Å². The van der Waals surface area contributed by atoms with Crippen LogP contribution >= 0.6 is 0 Å². The first-order valence-corrected chi connectivity index (χ1v) is 7.54. The van der Waals surface area contributed by atoms with Gasteiger partial charge in [0.2, 0.25) is 0 Å². The molecule has 20 heavy (non-hydrogen) atoms. The first-order chi connectivity index (χ1) is 9.69. The number of aromatic nitrogens is 1. The van der Waals surface area contributed by atoms with Crippen LogP contribution in [-0.4, -0.2) is 23.8 Å². The summed E-state index contributed by atoms with van der Waals surface area (Å²) in [5.41, 5.74) is 4.34. The van der Waals surface area contributed by atoms with Crippen molar-refractivity contribution in [3.05, 3.63) is 22.5 Å². The van der Waals surface area contributed by atoms with Gasteiger partial charge in [-0.25, -0.2) is 0 Å². The average molecular weight is 275 g/mol. The topological polar surface area (TPSA) is 59.2 Å². The molecule has 2 aliphatic carbocycles. The average Bonchev–Trinajstić information content (AvgIpc) is 2.96. The molecule has 3 rings (SSSR count). The van der Waals surface area contributed by atoms with Crippen LogP contribution in [0, 0.1) is 5.92 Å². The molecule has 0 radical (unpaired) electrons. The lowest BCUT2D eigenvalue weighted by molar-refractivity contribution is -0.144. The predicted molar refractivity (Wildman–Crippen MR) is 74.9 cm³/mol. The van der Waals surface area contributed by atoms with E-state index in [2.05, 4.69) is 11.9 Å².